The minimum Gasteiger partial charge on any atom is -0.508 e. The minimum atomic E-state index is -1.61. The Labute approximate surface area is 201 Å². The Morgan fingerprint density at radius 3 is 2.31 bits per heavy atom. The van der Waals surface area contributed by atoms with Crippen molar-refractivity contribution in [3.8, 4) is 23.0 Å². The van der Waals surface area contributed by atoms with Crippen LogP contribution in [0.25, 0.3) is 0 Å². The number of aliphatic hydroxyl groups excluding tert-OH is 1. The summed E-state index contributed by atoms with van der Waals surface area (Å²) in [6.07, 6.45) is 0.151. The average molecular weight is 479 g/mol. The second-order valence-corrected chi connectivity index (χ2v) is 8.87. The smallest absolute Gasteiger partial charge is 0.194 e. The van der Waals surface area contributed by atoms with Crippen molar-refractivity contribution < 1.29 is 39.5 Å². The van der Waals surface area contributed by atoms with Gasteiger partial charge in [0.05, 0.1) is 17.2 Å². The van der Waals surface area contributed by atoms with Crippen LogP contribution in [-0.4, -0.2) is 44.3 Å². The number of rotatable bonds is 5. The Balaban J connectivity index is 1.75. The summed E-state index contributed by atoms with van der Waals surface area (Å²) in [7, 11) is 0. The number of hydrogen-bond acceptors (Lipinski definition) is 9. The normalized spacial score (nSPS) is 21.0. The van der Waals surface area contributed by atoms with E-state index in [4.69, 9.17) is 4.74 Å². The molecule has 0 saturated heterocycles. The third kappa shape index (κ3) is 3.55. The average Bonchev–Trinajstić information content (AvgIpc) is 3.09. The van der Waals surface area contributed by atoms with Crippen molar-refractivity contribution in [3.63, 3.8) is 0 Å². The zero-order chi connectivity index (χ0) is 25.8. The number of phenolic OH excluding ortho intramolecular Hbond substituents is 3. The third-order valence-electron chi connectivity index (χ3n) is 6.60. The van der Waals surface area contributed by atoms with E-state index in [2.05, 4.69) is 5.32 Å². The lowest BCUT2D eigenvalue weighted by Gasteiger charge is -2.29. The second kappa shape index (κ2) is 8.28. The topological polar surface area (TPSA) is 153 Å². The lowest BCUT2D eigenvalue weighted by molar-refractivity contribution is -0.123. The molecule has 1 aliphatic carbocycles. The van der Waals surface area contributed by atoms with Gasteiger partial charge in [0.2, 0.25) is 0 Å². The molecule has 182 valence electrons. The molecule has 9 heteroatoms. The molecule has 9 nitrogen and oxygen atoms in total. The summed E-state index contributed by atoms with van der Waals surface area (Å²) in [5.74, 6) is -2.81. The molecule has 0 spiro atoms. The van der Waals surface area contributed by atoms with Gasteiger partial charge in [-0.25, -0.2) is 0 Å². The Morgan fingerprint density at radius 2 is 1.71 bits per heavy atom. The number of ketones is 3. The van der Waals surface area contributed by atoms with Crippen LogP contribution >= 0.6 is 0 Å². The SMILES string of the molecule is CC(=O)c1c(O)c(C)c(O)c2c1OC1=CC(=O)/C(=C(/C)NC[C@@H](O)c3ccc(O)cc3)C(=O)[C@@]12C. The summed E-state index contributed by atoms with van der Waals surface area (Å²) in [4.78, 5) is 38.9. The van der Waals surface area contributed by atoms with Gasteiger partial charge >= 0.3 is 0 Å². The maximum absolute atomic E-state index is 13.7. The van der Waals surface area contributed by atoms with Gasteiger partial charge < -0.3 is 30.5 Å². The van der Waals surface area contributed by atoms with E-state index in [0.29, 0.717) is 5.56 Å². The number of fused-ring (bicyclic) bond motifs is 3. The lowest BCUT2D eigenvalue weighted by atomic mass is 9.70. The Kier molecular flexibility index (Phi) is 5.68. The van der Waals surface area contributed by atoms with Crippen molar-refractivity contribution in [2.24, 2.45) is 0 Å². The molecule has 1 aliphatic heterocycles. The molecule has 2 aromatic carbocycles. The first-order chi connectivity index (χ1) is 16.4. The maximum Gasteiger partial charge on any atom is 0.194 e. The predicted octanol–water partition coefficient (Wildman–Crippen LogP) is 2.60. The largest absolute Gasteiger partial charge is 0.508 e. The van der Waals surface area contributed by atoms with Crippen LogP contribution in [0.2, 0.25) is 0 Å². The number of Topliss-reactive ketones (excluding diaryl/α,β-unsaturated/α-hetero) is 2. The fraction of sp³-hybridized carbons (Fsp3) is 0.269. The Bertz CT molecular complexity index is 1350. The molecule has 0 bridgehead atoms. The standard InChI is InChI=1S/C26H25NO8/c1-11-22(32)20(13(3)28)24-21(23(11)33)26(4)18(35-24)9-16(30)19(25(26)34)12(2)27-10-17(31)14-5-7-15(29)8-6-14/h5-9,17,27,29,31-33H,10H2,1-4H3/b19-12+/t17-,26+/m1/s1. The summed E-state index contributed by atoms with van der Waals surface area (Å²) < 4.78 is 5.73. The van der Waals surface area contributed by atoms with Gasteiger partial charge in [-0.15, -0.1) is 0 Å². The highest BCUT2D eigenvalue weighted by atomic mass is 16.5. The zero-order valence-corrected chi connectivity index (χ0v) is 19.6. The number of hydrogen-bond donors (Lipinski definition) is 5. The predicted molar refractivity (Wildman–Crippen MR) is 124 cm³/mol. The first kappa shape index (κ1) is 24.0. The summed E-state index contributed by atoms with van der Waals surface area (Å²) >= 11 is 0. The molecular formula is C26H25NO8. The Morgan fingerprint density at radius 1 is 1.09 bits per heavy atom. The van der Waals surface area contributed by atoms with Crippen molar-refractivity contribution in [1.82, 2.24) is 5.32 Å². The summed E-state index contributed by atoms with van der Waals surface area (Å²) in [6, 6.07) is 5.97. The van der Waals surface area contributed by atoms with Crippen molar-refractivity contribution in [2.75, 3.05) is 6.54 Å². The number of allylic oxidation sites excluding steroid dienone is 4. The van der Waals surface area contributed by atoms with E-state index in [1.54, 1.807) is 12.1 Å². The monoisotopic (exact) mass is 479 g/mol. The molecule has 0 aromatic heterocycles. The molecule has 4 rings (SSSR count). The van der Waals surface area contributed by atoms with Crippen molar-refractivity contribution >= 4 is 17.3 Å². The number of carbonyl (C=O) groups is 3. The Hall–Kier alpha value is -4.11. The quantitative estimate of drug-likeness (QED) is 0.247. The first-order valence-corrected chi connectivity index (χ1v) is 10.9. The van der Waals surface area contributed by atoms with Gasteiger partial charge in [0, 0.05) is 23.9 Å². The highest BCUT2D eigenvalue weighted by Gasteiger charge is 2.56. The van der Waals surface area contributed by atoms with Crippen LogP contribution in [0.5, 0.6) is 23.0 Å². The molecule has 0 unspecified atom stereocenters. The van der Waals surface area contributed by atoms with Gasteiger partial charge in [-0.1, -0.05) is 12.1 Å². The van der Waals surface area contributed by atoms with Crippen LogP contribution in [-0.2, 0) is 15.0 Å². The second-order valence-electron chi connectivity index (χ2n) is 8.87. The van der Waals surface area contributed by atoms with E-state index in [0.717, 1.165) is 6.08 Å². The molecule has 0 saturated carbocycles. The number of ether oxygens (including phenoxy) is 1. The van der Waals surface area contributed by atoms with Crippen molar-refractivity contribution in [3.05, 3.63) is 69.6 Å². The van der Waals surface area contributed by atoms with E-state index >= 15 is 0 Å². The van der Waals surface area contributed by atoms with Crippen molar-refractivity contribution in [1.29, 1.82) is 0 Å². The summed E-state index contributed by atoms with van der Waals surface area (Å²) in [5, 5.41) is 44.0. The molecule has 2 aliphatic rings. The van der Waals surface area contributed by atoms with Gasteiger partial charge in [0.1, 0.15) is 39.7 Å². The number of aromatic hydroxyl groups is 3. The molecule has 2 atom stereocenters. The van der Waals surface area contributed by atoms with Crippen LogP contribution in [0.4, 0.5) is 0 Å². The maximum atomic E-state index is 13.7. The highest BCUT2D eigenvalue weighted by molar-refractivity contribution is 6.31. The summed E-state index contributed by atoms with van der Waals surface area (Å²) in [6.45, 7) is 5.62. The van der Waals surface area contributed by atoms with E-state index in [1.165, 1.54) is 39.8 Å². The van der Waals surface area contributed by atoms with Gasteiger partial charge in [0.15, 0.2) is 17.3 Å². The zero-order valence-electron chi connectivity index (χ0n) is 19.6. The molecule has 0 fully saturated rings. The van der Waals surface area contributed by atoms with Crippen LogP contribution in [0.1, 0.15) is 53.9 Å². The number of benzene rings is 2. The lowest BCUT2D eigenvalue weighted by Crippen LogP contribution is -2.41. The fourth-order valence-corrected chi connectivity index (χ4v) is 4.51. The van der Waals surface area contributed by atoms with Crippen LogP contribution in [0.15, 0.2) is 47.4 Å². The highest BCUT2D eigenvalue weighted by Crippen LogP contribution is 2.57. The van der Waals surface area contributed by atoms with Gasteiger partial charge in [-0.2, -0.15) is 0 Å². The minimum absolute atomic E-state index is 0.0103. The molecule has 0 radical (unpaired) electrons. The van der Waals surface area contributed by atoms with E-state index in [-0.39, 0.29) is 51.8 Å². The van der Waals surface area contributed by atoms with E-state index in [1.807, 2.05) is 0 Å². The van der Waals surface area contributed by atoms with Crippen LogP contribution < -0.4 is 10.1 Å². The molecule has 1 heterocycles. The van der Waals surface area contributed by atoms with Crippen molar-refractivity contribution in [2.45, 2.75) is 39.2 Å². The molecular weight excluding hydrogens is 454 g/mol. The van der Waals surface area contributed by atoms with Gasteiger partial charge in [-0.05, 0) is 45.4 Å². The molecule has 2 aromatic rings. The molecule has 5 N–H and O–H groups in total. The van der Waals surface area contributed by atoms with Gasteiger partial charge in [-0.3, -0.25) is 14.4 Å². The number of aliphatic hydroxyl groups is 1. The van der Waals surface area contributed by atoms with E-state index in [9.17, 15) is 34.8 Å². The summed E-state index contributed by atoms with van der Waals surface area (Å²) in [5.41, 5.74) is -1.20. The number of phenols is 3. The van der Waals surface area contributed by atoms with E-state index < -0.39 is 40.4 Å². The third-order valence-corrected chi connectivity index (χ3v) is 6.60. The number of nitrogens with one attached hydrogen (secondary N) is 1. The molecule has 0 amide bonds. The van der Waals surface area contributed by atoms with Crippen LogP contribution in [0.3, 0.4) is 0 Å². The first-order valence-electron chi connectivity index (χ1n) is 10.9. The van der Waals surface area contributed by atoms with Crippen LogP contribution in [0, 0.1) is 6.92 Å². The fourth-order valence-electron chi connectivity index (χ4n) is 4.51. The molecule has 35 heavy (non-hydrogen) atoms. The van der Waals surface area contributed by atoms with Gasteiger partial charge in [0.25, 0.3) is 0 Å². The number of carbonyl (C=O) groups excluding carboxylic acids is 3.